The monoisotopic (exact) mass is 382 g/mol. The number of nitrogens with zero attached hydrogens (tertiary/aromatic N) is 1. The van der Waals surface area contributed by atoms with Crippen molar-refractivity contribution in [2.75, 3.05) is 19.6 Å². The van der Waals surface area contributed by atoms with E-state index in [-0.39, 0.29) is 17.2 Å². The van der Waals surface area contributed by atoms with E-state index in [0.717, 1.165) is 12.8 Å². The summed E-state index contributed by atoms with van der Waals surface area (Å²) in [4.78, 5) is 22.7. The minimum absolute atomic E-state index is 0.0809. The Morgan fingerprint density at radius 1 is 1.23 bits per heavy atom. The number of carboxylic acid groups (broad SMARTS) is 1. The number of nitrogens with one attached hydrogen (secondary N) is 1. The van der Waals surface area contributed by atoms with E-state index in [1.165, 1.54) is 28.6 Å². The number of unbranched alkanes of at least 4 members (excludes halogenated alkanes) is 1. The van der Waals surface area contributed by atoms with E-state index in [0.29, 0.717) is 44.0 Å². The standard InChI is InChI=1S/C18H26N2O5S/c1-14-5-4-12-20(13-14)26(24,25)16-9-7-15(8-10-16)18(23)19-11-3-2-6-17(21)22/h7-10,14H,2-6,11-13H2,1H3,(H,19,23)(H,21,22). The van der Waals surface area contributed by atoms with Gasteiger partial charge in [-0.2, -0.15) is 4.31 Å². The lowest BCUT2D eigenvalue weighted by atomic mass is 10.0. The third kappa shape index (κ3) is 5.54. The second-order valence-corrected chi connectivity index (χ2v) is 8.68. The highest BCUT2D eigenvalue weighted by atomic mass is 32.2. The molecule has 0 saturated carbocycles. The zero-order valence-electron chi connectivity index (χ0n) is 15.0. The van der Waals surface area contributed by atoms with Crippen molar-refractivity contribution in [3.8, 4) is 0 Å². The van der Waals surface area contributed by atoms with Crippen molar-refractivity contribution < 1.29 is 23.1 Å². The number of benzene rings is 1. The molecule has 144 valence electrons. The van der Waals surface area contributed by atoms with Crippen molar-refractivity contribution in [2.24, 2.45) is 5.92 Å². The zero-order valence-corrected chi connectivity index (χ0v) is 15.8. The lowest BCUT2D eigenvalue weighted by Crippen LogP contribution is -2.39. The summed E-state index contributed by atoms with van der Waals surface area (Å²) >= 11 is 0. The molecule has 1 heterocycles. The van der Waals surface area contributed by atoms with Crippen molar-refractivity contribution in [2.45, 2.75) is 43.9 Å². The summed E-state index contributed by atoms with van der Waals surface area (Å²) in [6, 6.07) is 5.95. The summed E-state index contributed by atoms with van der Waals surface area (Å²) in [6.07, 6.45) is 3.07. The van der Waals surface area contributed by atoms with Gasteiger partial charge in [-0.05, 0) is 55.9 Å². The molecule has 1 atom stereocenters. The molecule has 1 aliphatic rings. The lowest BCUT2D eigenvalue weighted by Gasteiger charge is -2.30. The van der Waals surface area contributed by atoms with Crippen LogP contribution in [0.3, 0.4) is 0 Å². The second kappa shape index (κ2) is 9.14. The van der Waals surface area contributed by atoms with Crippen LogP contribution in [0.15, 0.2) is 29.2 Å². The second-order valence-electron chi connectivity index (χ2n) is 6.74. The van der Waals surface area contributed by atoms with Crippen LogP contribution in [0.5, 0.6) is 0 Å². The van der Waals surface area contributed by atoms with Gasteiger partial charge in [0.1, 0.15) is 0 Å². The van der Waals surface area contributed by atoms with Crippen molar-refractivity contribution in [1.29, 1.82) is 0 Å². The summed E-state index contributed by atoms with van der Waals surface area (Å²) < 4.78 is 26.9. The van der Waals surface area contributed by atoms with Gasteiger partial charge in [0.15, 0.2) is 0 Å². The van der Waals surface area contributed by atoms with E-state index in [2.05, 4.69) is 5.32 Å². The minimum atomic E-state index is -3.52. The Balaban J connectivity index is 1.92. The number of amides is 1. The van der Waals surface area contributed by atoms with Gasteiger partial charge in [-0.3, -0.25) is 9.59 Å². The van der Waals surface area contributed by atoms with Gasteiger partial charge in [-0.25, -0.2) is 8.42 Å². The maximum atomic E-state index is 12.7. The van der Waals surface area contributed by atoms with Gasteiger partial charge in [0, 0.05) is 31.6 Å². The molecule has 8 heteroatoms. The molecule has 1 amide bonds. The lowest BCUT2D eigenvalue weighted by molar-refractivity contribution is -0.137. The van der Waals surface area contributed by atoms with Crippen molar-refractivity contribution in [3.63, 3.8) is 0 Å². The summed E-state index contributed by atoms with van der Waals surface area (Å²) in [7, 11) is -3.52. The van der Waals surface area contributed by atoms with Gasteiger partial charge in [-0.1, -0.05) is 6.92 Å². The molecular weight excluding hydrogens is 356 g/mol. The molecule has 1 unspecified atom stereocenters. The first-order valence-electron chi connectivity index (χ1n) is 8.91. The Morgan fingerprint density at radius 3 is 2.54 bits per heavy atom. The van der Waals surface area contributed by atoms with Crippen LogP contribution >= 0.6 is 0 Å². The molecule has 1 aromatic carbocycles. The van der Waals surface area contributed by atoms with Crippen LogP contribution in [0, 0.1) is 5.92 Å². The first-order chi connectivity index (χ1) is 12.3. The van der Waals surface area contributed by atoms with Gasteiger partial charge < -0.3 is 10.4 Å². The molecular formula is C18H26N2O5S. The average Bonchev–Trinajstić information content (AvgIpc) is 2.61. The number of rotatable bonds is 8. The molecule has 0 bridgehead atoms. The highest BCUT2D eigenvalue weighted by molar-refractivity contribution is 7.89. The molecule has 1 saturated heterocycles. The van der Waals surface area contributed by atoms with Gasteiger partial charge in [-0.15, -0.1) is 0 Å². The van der Waals surface area contributed by atoms with Crippen LogP contribution in [-0.2, 0) is 14.8 Å². The highest BCUT2D eigenvalue weighted by Crippen LogP contribution is 2.23. The first-order valence-corrected chi connectivity index (χ1v) is 10.3. The van der Waals surface area contributed by atoms with Crippen LogP contribution in [0.4, 0.5) is 0 Å². The molecule has 2 rings (SSSR count). The normalized spacial score (nSPS) is 18.4. The summed E-state index contributed by atoms with van der Waals surface area (Å²) in [5.74, 6) is -0.795. The third-order valence-electron chi connectivity index (χ3n) is 4.48. The van der Waals surface area contributed by atoms with Crippen LogP contribution in [0.2, 0.25) is 0 Å². The number of piperidine rings is 1. The number of carbonyl (C=O) groups is 2. The molecule has 1 aromatic rings. The molecule has 26 heavy (non-hydrogen) atoms. The Bertz CT molecular complexity index is 730. The number of carboxylic acids is 1. The average molecular weight is 382 g/mol. The summed E-state index contributed by atoms with van der Waals surface area (Å²) in [5.41, 5.74) is 0.384. The predicted octanol–water partition coefficient (Wildman–Crippen LogP) is 2.09. The Hall–Kier alpha value is -1.93. The predicted molar refractivity (Wildman–Crippen MR) is 97.4 cm³/mol. The fourth-order valence-electron chi connectivity index (χ4n) is 3.00. The third-order valence-corrected chi connectivity index (χ3v) is 6.36. The molecule has 0 aromatic heterocycles. The molecule has 1 fully saturated rings. The molecule has 2 N–H and O–H groups in total. The van der Waals surface area contributed by atoms with Gasteiger partial charge in [0.25, 0.3) is 5.91 Å². The topological polar surface area (TPSA) is 104 Å². The van der Waals surface area contributed by atoms with E-state index in [1.807, 2.05) is 6.92 Å². The SMILES string of the molecule is CC1CCCN(S(=O)(=O)c2ccc(C(=O)NCCCCC(=O)O)cc2)C1. The van der Waals surface area contributed by atoms with Crippen LogP contribution in [0.1, 0.15) is 49.4 Å². The van der Waals surface area contributed by atoms with Crippen LogP contribution in [-0.4, -0.2) is 49.3 Å². The largest absolute Gasteiger partial charge is 0.481 e. The summed E-state index contributed by atoms with van der Waals surface area (Å²) in [6.45, 7) is 3.50. The Morgan fingerprint density at radius 2 is 1.92 bits per heavy atom. The van der Waals surface area contributed by atoms with Crippen molar-refractivity contribution in [1.82, 2.24) is 9.62 Å². The van der Waals surface area contributed by atoms with E-state index >= 15 is 0 Å². The fraction of sp³-hybridized carbons (Fsp3) is 0.556. The highest BCUT2D eigenvalue weighted by Gasteiger charge is 2.28. The van der Waals surface area contributed by atoms with Gasteiger partial charge in [0.05, 0.1) is 4.90 Å². The Labute approximate surface area is 154 Å². The van der Waals surface area contributed by atoms with Crippen molar-refractivity contribution in [3.05, 3.63) is 29.8 Å². The quantitative estimate of drug-likeness (QED) is 0.670. The number of sulfonamides is 1. The van der Waals surface area contributed by atoms with Crippen LogP contribution < -0.4 is 5.32 Å². The summed E-state index contributed by atoms with van der Waals surface area (Å²) in [5, 5.41) is 11.3. The smallest absolute Gasteiger partial charge is 0.303 e. The number of carbonyl (C=O) groups excluding carboxylic acids is 1. The fourth-order valence-corrected chi connectivity index (χ4v) is 4.60. The molecule has 7 nitrogen and oxygen atoms in total. The van der Waals surface area contributed by atoms with E-state index in [1.54, 1.807) is 0 Å². The van der Waals surface area contributed by atoms with Gasteiger partial charge in [0.2, 0.25) is 10.0 Å². The maximum Gasteiger partial charge on any atom is 0.303 e. The number of aliphatic carboxylic acids is 1. The minimum Gasteiger partial charge on any atom is -0.481 e. The number of hydrogen-bond acceptors (Lipinski definition) is 4. The van der Waals surface area contributed by atoms with Gasteiger partial charge >= 0.3 is 5.97 Å². The molecule has 1 aliphatic heterocycles. The Kier molecular flexibility index (Phi) is 7.16. The van der Waals surface area contributed by atoms with E-state index < -0.39 is 16.0 Å². The maximum absolute atomic E-state index is 12.7. The molecule has 0 spiro atoms. The first kappa shape index (κ1) is 20.4. The van der Waals surface area contributed by atoms with E-state index in [9.17, 15) is 18.0 Å². The zero-order chi connectivity index (χ0) is 19.2. The molecule has 0 aliphatic carbocycles. The van der Waals surface area contributed by atoms with Crippen molar-refractivity contribution >= 4 is 21.9 Å². The van der Waals surface area contributed by atoms with E-state index in [4.69, 9.17) is 5.11 Å². The molecule has 0 radical (unpaired) electrons. The number of hydrogen-bond donors (Lipinski definition) is 2. The van der Waals surface area contributed by atoms with Crippen LogP contribution in [0.25, 0.3) is 0 Å².